The van der Waals surface area contributed by atoms with Crippen molar-refractivity contribution in [2.75, 3.05) is 6.54 Å². The average Bonchev–Trinajstić information content (AvgIpc) is 2.48. The fraction of sp³-hybridized carbons (Fsp3) is 0.727. The van der Waals surface area contributed by atoms with Crippen LogP contribution in [0, 0.1) is 5.41 Å². The average molecular weight is 212 g/mol. The molecule has 0 fully saturated rings. The molecular weight excluding hydrogens is 192 g/mol. The standard InChI is InChI=1S/C11H20N2S/c1-8(6-12)9-7-14-10(13-9)5-11(2,3)4/h7-8H,5-6,12H2,1-4H3. The molecule has 0 amide bonds. The van der Waals surface area contributed by atoms with E-state index in [4.69, 9.17) is 5.73 Å². The van der Waals surface area contributed by atoms with Crippen molar-refractivity contribution in [1.29, 1.82) is 0 Å². The Labute approximate surface area is 90.6 Å². The Morgan fingerprint density at radius 3 is 2.64 bits per heavy atom. The van der Waals surface area contributed by atoms with Crippen molar-refractivity contribution in [3.8, 4) is 0 Å². The summed E-state index contributed by atoms with van der Waals surface area (Å²) in [5.74, 6) is 0.389. The monoisotopic (exact) mass is 212 g/mol. The molecule has 1 aromatic heterocycles. The van der Waals surface area contributed by atoms with Gasteiger partial charge in [0.2, 0.25) is 0 Å². The maximum Gasteiger partial charge on any atom is 0.0933 e. The predicted octanol–water partition coefficient (Wildman–Crippen LogP) is 2.79. The minimum absolute atomic E-state index is 0.321. The predicted molar refractivity (Wildman–Crippen MR) is 62.7 cm³/mol. The highest BCUT2D eigenvalue weighted by Gasteiger charge is 2.15. The summed E-state index contributed by atoms with van der Waals surface area (Å²) in [4.78, 5) is 4.60. The van der Waals surface area contributed by atoms with Gasteiger partial charge < -0.3 is 5.73 Å². The molecule has 1 rings (SSSR count). The van der Waals surface area contributed by atoms with Crippen molar-refractivity contribution in [2.24, 2.45) is 11.1 Å². The molecule has 1 atom stereocenters. The van der Waals surface area contributed by atoms with Crippen LogP contribution in [-0.4, -0.2) is 11.5 Å². The highest BCUT2D eigenvalue weighted by molar-refractivity contribution is 7.09. The fourth-order valence-corrected chi connectivity index (χ4v) is 2.42. The molecule has 80 valence electrons. The molecule has 0 saturated carbocycles. The normalized spacial score (nSPS) is 14.4. The number of nitrogens with zero attached hydrogens (tertiary/aromatic N) is 1. The zero-order valence-electron chi connectivity index (χ0n) is 9.50. The van der Waals surface area contributed by atoms with E-state index in [2.05, 4.69) is 38.1 Å². The number of nitrogens with two attached hydrogens (primary N) is 1. The van der Waals surface area contributed by atoms with Gasteiger partial charge in [0.25, 0.3) is 0 Å². The van der Waals surface area contributed by atoms with Gasteiger partial charge in [-0.05, 0) is 5.41 Å². The second-order valence-corrected chi connectivity index (χ2v) is 5.98. The van der Waals surface area contributed by atoms with Crippen molar-refractivity contribution in [3.05, 3.63) is 16.1 Å². The number of thiazole rings is 1. The van der Waals surface area contributed by atoms with E-state index in [0.717, 1.165) is 12.1 Å². The van der Waals surface area contributed by atoms with Crippen molar-refractivity contribution >= 4 is 11.3 Å². The van der Waals surface area contributed by atoms with Crippen LogP contribution in [0.2, 0.25) is 0 Å². The van der Waals surface area contributed by atoms with Gasteiger partial charge in [0.05, 0.1) is 10.7 Å². The molecule has 0 aliphatic rings. The molecular formula is C11H20N2S. The molecule has 0 saturated heterocycles. The van der Waals surface area contributed by atoms with E-state index in [1.807, 2.05) is 0 Å². The molecule has 0 radical (unpaired) electrons. The van der Waals surface area contributed by atoms with Crippen LogP contribution in [0.3, 0.4) is 0 Å². The summed E-state index contributed by atoms with van der Waals surface area (Å²) in [6.45, 7) is 9.51. The Balaban J connectivity index is 2.69. The molecule has 0 aliphatic heterocycles. The first-order valence-corrected chi connectivity index (χ1v) is 5.94. The first-order chi connectivity index (χ1) is 6.42. The van der Waals surface area contributed by atoms with Gasteiger partial charge in [-0.15, -0.1) is 11.3 Å². The van der Waals surface area contributed by atoms with Crippen LogP contribution in [-0.2, 0) is 6.42 Å². The van der Waals surface area contributed by atoms with Gasteiger partial charge in [0.15, 0.2) is 0 Å². The second kappa shape index (κ2) is 4.41. The third-order valence-corrected chi connectivity index (χ3v) is 2.98. The number of hydrogen-bond acceptors (Lipinski definition) is 3. The van der Waals surface area contributed by atoms with Gasteiger partial charge >= 0.3 is 0 Å². The van der Waals surface area contributed by atoms with Crippen LogP contribution >= 0.6 is 11.3 Å². The zero-order valence-corrected chi connectivity index (χ0v) is 10.3. The quantitative estimate of drug-likeness (QED) is 0.836. The molecule has 2 nitrogen and oxygen atoms in total. The van der Waals surface area contributed by atoms with Gasteiger partial charge in [-0.1, -0.05) is 27.7 Å². The van der Waals surface area contributed by atoms with Crippen molar-refractivity contribution in [2.45, 2.75) is 40.0 Å². The van der Waals surface area contributed by atoms with E-state index in [-0.39, 0.29) is 0 Å². The first kappa shape index (κ1) is 11.7. The highest BCUT2D eigenvalue weighted by atomic mass is 32.1. The van der Waals surface area contributed by atoms with Crippen molar-refractivity contribution < 1.29 is 0 Å². The van der Waals surface area contributed by atoms with E-state index < -0.39 is 0 Å². The van der Waals surface area contributed by atoms with Crippen LogP contribution in [0.25, 0.3) is 0 Å². The number of rotatable bonds is 3. The summed E-state index contributed by atoms with van der Waals surface area (Å²) in [5.41, 5.74) is 7.08. The van der Waals surface area contributed by atoms with Gasteiger partial charge in [0.1, 0.15) is 0 Å². The van der Waals surface area contributed by atoms with E-state index in [9.17, 15) is 0 Å². The molecule has 2 N–H and O–H groups in total. The maximum atomic E-state index is 5.61. The fourth-order valence-electron chi connectivity index (χ4n) is 1.21. The second-order valence-electron chi connectivity index (χ2n) is 5.04. The van der Waals surface area contributed by atoms with Gasteiger partial charge in [-0.3, -0.25) is 0 Å². The highest BCUT2D eigenvalue weighted by Crippen LogP contribution is 2.25. The Morgan fingerprint density at radius 1 is 1.50 bits per heavy atom. The minimum Gasteiger partial charge on any atom is -0.330 e. The molecule has 0 aromatic carbocycles. The van der Waals surface area contributed by atoms with Gasteiger partial charge in [-0.25, -0.2) is 4.98 Å². The SMILES string of the molecule is CC(CN)c1csc(CC(C)(C)C)n1. The number of hydrogen-bond donors (Lipinski definition) is 1. The molecule has 0 spiro atoms. The molecule has 0 aliphatic carbocycles. The maximum absolute atomic E-state index is 5.61. The smallest absolute Gasteiger partial charge is 0.0933 e. The molecule has 1 heterocycles. The largest absolute Gasteiger partial charge is 0.330 e. The Kier molecular flexibility index (Phi) is 3.67. The molecule has 3 heteroatoms. The lowest BCUT2D eigenvalue weighted by Crippen LogP contribution is -2.11. The number of aromatic nitrogens is 1. The van der Waals surface area contributed by atoms with E-state index in [0.29, 0.717) is 17.9 Å². The first-order valence-electron chi connectivity index (χ1n) is 5.07. The topological polar surface area (TPSA) is 38.9 Å². The summed E-state index contributed by atoms with van der Waals surface area (Å²) in [5, 5.41) is 3.37. The van der Waals surface area contributed by atoms with Crippen LogP contribution in [0.1, 0.15) is 44.3 Å². The minimum atomic E-state index is 0.321. The van der Waals surface area contributed by atoms with E-state index in [1.165, 1.54) is 5.01 Å². The van der Waals surface area contributed by atoms with E-state index in [1.54, 1.807) is 11.3 Å². The third kappa shape index (κ3) is 3.39. The van der Waals surface area contributed by atoms with Crippen molar-refractivity contribution in [1.82, 2.24) is 4.98 Å². The summed E-state index contributed by atoms with van der Waals surface area (Å²) < 4.78 is 0. The summed E-state index contributed by atoms with van der Waals surface area (Å²) in [6.07, 6.45) is 1.05. The van der Waals surface area contributed by atoms with Crippen LogP contribution < -0.4 is 5.73 Å². The van der Waals surface area contributed by atoms with Crippen molar-refractivity contribution in [3.63, 3.8) is 0 Å². The lowest BCUT2D eigenvalue weighted by Gasteiger charge is -2.15. The third-order valence-electron chi connectivity index (χ3n) is 2.11. The molecule has 14 heavy (non-hydrogen) atoms. The van der Waals surface area contributed by atoms with E-state index >= 15 is 0 Å². The molecule has 1 unspecified atom stereocenters. The van der Waals surface area contributed by atoms with Crippen LogP contribution in [0.4, 0.5) is 0 Å². The molecule has 0 bridgehead atoms. The van der Waals surface area contributed by atoms with Crippen LogP contribution in [0.15, 0.2) is 5.38 Å². The van der Waals surface area contributed by atoms with Gasteiger partial charge in [0, 0.05) is 24.3 Å². The van der Waals surface area contributed by atoms with Gasteiger partial charge in [-0.2, -0.15) is 0 Å². The summed E-state index contributed by atoms with van der Waals surface area (Å²) in [6, 6.07) is 0. The summed E-state index contributed by atoms with van der Waals surface area (Å²) >= 11 is 1.75. The zero-order chi connectivity index (χ0) is 10.8. The Bertz CT molecular complexity index is 286. The Hall–Kier alpha value is -0.410. The lowest BCUT2D eigenvalue weighted by atomic mass is 9.93. The molecule has 1 aromatic rings. The lowest BCUT2D eigenvalue weighted by molar-refractivity contribution is 0.410. The van der Waals surface area contributed by atoms with Crippen LogP contribution in [0.5, 0.6) is 0 Å². The Morgan fingerprint density at radius 2 is 2.14 bits per heavy atom. The summed E-state index contributed by atoms with van der Waals surface area (Å²) in [7, 11) is 0.